The molecule has 1 heterocycles. The average molecular weight is 533 g/mol. The summed E-state index contributed by atoms with van der Waals surface area (Å²) in [6.07, 6.45) is 0.836. The molecule has 0 aromatic heterocycles. The molecule has 1 amide bonds. The van der Waals surface area contributed by atoms with Crippen LogP contribution in [-0.2, 0) is 24.7 Å². The van der Waals surface area contributed by atoms with Crippen molar-refractivity contribution in [3.8, 4) is 16.9 Å². The lowest BCUT2D eigenvalue weighted by atomic mass is 10.0. The molecule has 1 saturated heterocycles. The van der Waals surface area contributed by atoms with E-state index in [9.17, 15) is 21.6 Å². The van der Waals surface area contributed by atoms with Gasteiger partial charge in [0, 0.05) is 36.5 Å². The molecule has 36 heavy (non-hydrogen) atoms. The third-order valence-electron chi connectivity index (χ3n) is 5.90. The number of ether oxygens (including phenoxy) is 1. The maximum absolute atomic E-state index is 15.9. The van der Waals surface area contributed by atoms with E-state index < -0.39 is 31.6 Å². The molecule has 3 aromatic carbocycles. The van der Waals surface area contributed by atoms with Gasteiger partial charge in [0.05, 0.1) is 16.9 Å². The van der Waals surface area contributed by atoms with Gasteiger partial charge in [-0.2, -0.15) is 4.72 Å². The Morgan fingerprint density at radius 3 is 2.36 bits per heavy atom. The molecule has 190 valence electrons. The molecule has 8 nitrogen and oxygen atoms in total. The van der Waals surface area contributed by atoms with Crippen LogP contribution in [0.15, 0.2) is 82.6 Å². The molecule has 0 saturated carbocycles. The molecule has 4 rings (SSSR count). The molecule has 0 aliphatic carbocycles. The van der Waals surface area contributed by atoms with Crippen LogP contribution in [0.2, 0.25) is 0 Å². The predicted octanol–water partition coefficient (Wildman–Crippen LogP) is 3.54. The quantitative estimate of drug-likeness (QED) is 0.466. The lowest BCUT2D eigenvalue weighted by molar-refractivity contribution is -0.133. The number of rotatable bonds is 7. The van der Waals surface area contributed by atoms with Crippen LogP contribution in [0.4, 0.5) is 10.1 Å². The van der Waals surface area contributed by atoms with Crippen LogP contribution >= 0.6 is 0 Å². The maximum Gasteiger partial charge on any atom is 0.280 e. The first kappa shape index (κ1) is 25.8. The van der Waals surface area contributed by atoms with Gasteiger partial charge >= 0.3 is 0 Å². The molecule has 1 unspecified atom stereocenters. The van der Waals surface area contributed by atoms with Crippen molar-refractivity contribution < 1.29 is 30.8 Å². The smallest absolute Gasteiger partial charge is 0.280 e. The van der Waals surface area contributed by atoms with Crippen molar-refractivity contribution in [1.82, 2.24) is 4.72 Å². The largest absolute Gasteiger partial charge is 0.497 e. The van der Waals surface area contributed by atoms with Gasteiger partial charge in [0.25, 0.3) is 11.7 Å². The Kier molecular flexibility index (Phi) is 6.91. The number of sulfone groups is 1. The third-order valence-corrected chi connectivity index (χ3v) is 8.50. The standard InChI is InChI=1S/C25H25FN2O6S2/c1-34-20-10-6-11-21(17-20)36(32,33)27-25(26)14-7-15-28(24(25)29)19-12-13-22(18-8-4-3-5-9-18)23(16-19)35(2,30)31/h3-6,8-13,16-17,27H,7,14-15H2,1-2H3. The zero-order chi connectivity index (χ0) is 26.1. The van der Waals surface area contributed by atoms with Crippen LogP contribution in [-0.4, -0.2) is 48.4 Å². The fourth-order valence-electron chi connectivity index (χ4n) is 4.13. The zero-order valence-electron chi connectivity index (χ0n) is 19.6. The Bertz CT molecular complexity index is 1510. The van der Waals surface area contributed by atoms with Gasteiger partial charge in [-0.1, -0.05) is 42.5 Å². The van der Waals surface area contributed by atoms with E-state index in [0.29, 0.717) is 11.1 Å². The highest BCUT2D eigenvalue weighted by Gasteiger charge is 2.48. The topological polar surface area (TPSA) is 110 Å². The summed E-state index contributed by atoms with van der Waals surface area (Å²) in [5, 5.41) is 0. The number of anilines is 1. The van der Waals surface area contributed by atoms with E-state index in [-0.39, 0.29) is 40.6 Å². The Morgan fingerprint density at radius 2 is 1.69 bits per heavy atom. The van der Waals surface area contributed by atoms with Crippen molar-refractivity contribution in [3.05, 3.63) is 72.8 Å². The highest BCUT2D eigenvalue weighted by atomic mass is 32.2. The van der Waals surface area contributed by atoms with E-state index >= 15 is 4.39 Å². The minimum Gasteiger partial charge on any atom is -0.497 e. The Balaban J connectivity index is 1.69. The molecular weight excluding hydrogens is 507 g/mol. The van der Waals surface area contributed by atoms with E-state index in [2.05, 4.69) is 0 Å². The van der Waals surface area contributed by atoms with Crippen LogP contribution in [0.25, 0.3) is 11.1 Å². The van der Waals surface area contributed by atoms with E-state index in [0.717, 1.165) is 11.2 Å². The molecule has 3 aromatic rings. The fourth-order valence-corrected chi connectivity index (χ4v) is 6.31. The molecule has 0 bridgehead atoms. The predicted molar refractivity (Wildman–Crippen MR) is 134 cm³/mol. The van der Waals surface area contributed by atoms with E-state index in [4.69, 9.17) is 4.74 Å². The minimum absolute atomic E-state index is 0.0222. The SMILES string of the molecule is COc1cccc(S(=O)(=O)NC2(F)CCCN(c3ccc(-c4ccccc4)c(S(C)(=O)=O)c3)C2=O)c1. The summed E-state index contributed by atoms with van der Waals surface area (Å²) in [6, 6.07) is 18.7. The highest BCUT2D eigenvalue weighted by molar-refractivity contribution is 7.91. The first-order chi connectivity index (χ1) is 16.9. The number of benzene rings is 3. The molecule has 0 spiro atoms. The summed E-state index contributed by atoms with van der Waals surface area (Å²) in [6.45, 7) is 0.0965. The van der Waals surface area contributed by atoms with Gasteiger partial charge in [-0.05, 0) is 36.2 Å². The van der Waals surface area contributed by atoms with Gasteiger partial charge in [0.2, 0.25) is 10.0 Å². The molecule has 0 radical (unpaired) electrons. The summed E-state index contributed by atoms with van der Waals surface area (Å²) in [7, 11) is -6.76. The Hall–Kier alpha value is -3.28. The minimum atomic E-state index is -4.41. The van der Waals surface area contributed by atoms with Crippen molar-refractivity contribution in [2.75, 3.05) is 24.8 Å². The summed E-state index contributed by atoms with van der Waals surface area (Å²) < 4.78 is 73.8. The highest BCUT2D eigenvalue weighted by Crippen LogP contribution is 2.35. The number of methoxy groups -OCH3 is 1. The Morgan fingerprint density at radius 1 is 0.972 bits per heavy atom. The van der Waals surface area contributed by atoms with Crippen molar-refractivity contribution in [1.29, 1.82) is 0 Å². The van der Waals surface area contributed by atoms with Crippen LogP contribution < -0.4 is 14.4 Å². The van der Waals surface area contributed by atoms with E-state index in [1.165, 1.54) is 43.5 Å². The number of amides is 1. The average Bonchev–Trinajstić information content (AvgIpc) is 2.85. The van der Waals surface area contributed by atoms with Gasteiger partial charge in [-0.25, -0.2) is 21.2 Å². The summed E-state index contributed by atoms with van der Waals surface area (Å²) in [4.78, 5) is 14.0. The number of sulfonamides is 1. The third kappa shape index (κ3) is 5.13. The van der Waals surface area contributed by atoms with Gasteiger partial charge in [0.1, 0.15) is 5.75 Å². The number of carbonyl (C=O) groups is 1. The fraction of sp³-hybridized carbons (Fsp3) is 0.240. The first-order valence-electron chi connectivity index (χ1n) is 11.0. The van der Waals surface area contributed by atoms with Crippen LogP contribution in [0, 0.1) is 0 Å². The molecule has 1 fully saturated rings. The van der Waals surface area contributed by atoms with Crippen LogP contribution in [0.5, 0.6) is 5.75 Å². The summed E-state index contributed by atoms with van der Waals surface area (Å²) in [5.41, 5.74) is 1.26. The summed E-state index contributed by atoms with van der Waals surface area (Å²) in [5.74, 6) is -3.77. The maximum atomic E-state index is 15.9. The second-order valence-electron chi connectivity index (χ2n) is 8.46. The molecular formula is C25H25FN2O6S2. The molecule has 1 aliphatic rings. The second kappa shape index (κ2) is 9.64. The number of halogens is 1. The lowest BCUT2D eigenvalue weighted by Gasteiger charge is -2.36. The van der Waals surface area contributed by atoms with Crippen molar-refractivity contribution >= 4 is 31.5 Å². The number of hydrogen-bond acceptors (Lipinski definition) is 6. The number of nitrogens with one attached hydrogen (secondary N) is 1. The van der Waals surface area contributed by atoms with E-state index in [1.807, 2.05) is 4.72 Å². The van der Waals surface area contributed by atoms with Crippen molar-refractivity contribution in [2.24, 2.45) is 0 Å². The van der Waals surface area contributed by atoms with E-state index in [1.54, 1.807) is 36.4 Å². The van der Waals surface area contributed by atoms with Crippen LogP contribution in [0.3, 0.4) is 0 Å². The number of hydrogen-bond donors (Lipinski definition) is 1. The normalized spacial score (nSPS) is 18.8. The number of carbonyl (C=O) groups excluding carboxylic acids is 1. The van der Waals surface area contributed by atoms with Crippen molar-refractivity contribution in [3.63, 3.8) is 0 Å². The van der Waals surface area contributed by atoms with Gasteiger partial charge < -0.3 is 9.64 Å². The molecule has 1 aliphatic heterocycles. The number of nitrogens with zero attached hydrogens (tertiary/aromatic N) is 1. The molecule has 1 atom stereocenters. The summed E-state index contributed by atoms with van der Waals surface area (Å²) >= 11 is 0. The monoisotopic (exact) mass is 532 g/mol. The second-order valence-corrected chi connectivity index (χ2v) is 12.1. The Labute approximate surface area is 209 Å². The van der Waals surface area contributed by atoms with Crippen molar-refractivity contribution in [2.45, 2.75) is 28.4 Å². The number of piperidine rings is 1. The molecule has 1 N–H and O–H groups in total. The van der Waals surface area contributed by atoms with Gasteiger partial charge in [-0.3, -0.25) is 4.79 Å². The first-order valence-corrected chi connectivity index (χ1v) is 14.4. The van der Waals surface area contributed by atoms with Crippen LogP contribution in [0.1, 0.15) is 12.8 Å². The zero-order valence-corrected chi connectivity index (χ0v) is 21.3. The van der Waals surface area contributed by atoms with Gasteiger partial charge in [-0.15, -0.1) is 0 Å². The van der Waals surface area contributed by atoms with Gasteiger partial charge in [0.15, 0.2) is 9.84 Å². The lowest BCUT2D eigenvalue weighted by Crippen LogP contribution is -2.60. The molecule has 11 heteroatoms. The number of alkyl halides is 1.